The number of rotatable bonds is 2. The van der Waals surface area contributed by atoms with Crippen LogP contribution in [0.3, 0.4) is 0 Å². The van der Waals surface area contributed by atoms with Gasteiger partial charge < -0.3 is 4.74 Å². The van der Waals surface area contributed by atoms with Gasteiger partial charge in [-0.2, -0.15) is 0 Å². The first-order valence-corrected chi connectivity index (χ1v) is 8.32. The summed E-state index contributed by atoms with van der Waals surface area (Å²) in [6.45, 7) is 3.15. The van der Waals surface area contributed by atoms with E-state index in [1.54, 1.807) is 0 Å². The van der Waals surface area contributed by atoms with Crippen molar-refractivity contribution in [1.82, 2.24) is 0 Å². The van der Waals surface area contributed by atoms with E-state index < -0.39 is 0 Å². The molecule has 3 atom stereocenters. The summed E-state index contributed by atoms with van der Waals surface area (Å²) in [6.07, 6.45) is 1.42. The fourth-order valence-corrected chi connectivity index (χ4v) is 4.35. The van der Waals surface area contributed by atoms with Gasteiger partial charge in [-0.25, -0.2) is 0 Å². The van der Waals surface area contributed by atoms with E-state index in [0.717, 1.165) is 17.5 Å². The predicted octanol–water partition coefficient (Wildman–Crippen LogP) is 5.46. The molecule has 1 aliphatic heterocycles. The van der Waals surface area contributed by atoms with Crippen molar-refractivity contribution in [3.8, 4) is 0 Å². The molecule has 0 bridgehead atoms. The monoisotopic (exact) mass is 382 g/mol. The average Bonchev–Trinajstić information content (AvgIpc) is 2.85. The largest absolute Gasteiger partial charge is 0.376 e. The van der Waals surface area contributed by atoms with Crippen LogP contribution in [0.1, 0.15) is 23.7 Å². The highest BCUT2D eigenvalue weighted by Crippen LogP contribution is 2.41. The summed E-state index contributed by atoms with van der Waals surface area (Å²) in [4.78, 5) is 0.253. The lowest BCUT2D eigenvalue weighted by molar-refractivity contribution is 0.0937. The number of ether oxygens (including phenoxy) is 1. The van der Waals surface area contributed by atoms with E-state index in [1.807, 2.05) is 0 Å². The number of alkyl halides is 1. The first-order chi connectivity index (χ1) is 9.18. The van der Waals surface area contributed by atoms with E-state index in [0.29, 0.717) is 5.92 Å². The maximum atomic E-state index is 5.90. The summed E-state index contributed by atoms with van der Waals surface area (Å²) in [5.41, 5.74) is 1.32. The molecule has 1 saturated heterocycles. The molecule has 0 N–H and O–H groups in total. The lowest BCUT2D eigenvalue weighted by Gasteiger charge is -2.23. The van der Waals surface area contributed by atoms with Crippen LogP contribution in [-0.4, -0.2) is 12.7 Å². The number of hydrogen-bond donors (Lipinski definition) is 0. The zero-order chi connectivity index (χ0) is 13.4. The molecule has 100 valence electrons. The quantitative estimate of drug-likeness (QED) is 0.625. The van der Waals surface area contributed by atoms with Crippen LogP contribution in [0, 0.1) is 5.92 Å². The Morgan fingerprint density at radius 2 is 1.89 bits per heavy atom. The van der Waals surface area contributed by atoms with Crippen LogP contribution in [0.15, 0.2) is 40.9 Å². The topological polar surface area (TPSA) is 9.23 Å². The molecule has 1 fully saturated rings. The first-order valence-electron chi connectivity index (χ1n) is 6.61. The van der Waals surface area contributed by atoms with Crippen molar-refractivity contribution in [2.45, 2.75) is 24.3 Å². The van der Waals surface area contributed by atoms with Gasteiger partial charge >= 0.3 is 0 Å². The molecule has 19 heavy (non-hydrogen) atoms. The van der Waals surface area contributed by atoms with E-state index in [2.05, 4.69) is 75.2 Å². The first kappa shape index (κ1) is 13.6. The van der Waals surface area contributed by atoms with Gasteiger partial charge in [0.05, 0.1) is 10.9 Å². The molecule has 3 heteroatoms. The van der Waals surface area contributed by atoms with Crippen LogP contribution >= 0.6 is 31.9 Å². The number of halogens is 2. The molecule has 3 unspecified atom stereocenters. The van der Waals surface area contributed by atoms with Crippen LogP contribution in [0.25, 0.3) is 10.8 Å². The highest BCUT2D eigenvalue weighted by atomic mass is 79.9. The molecule has 0 aromatic heterocycles. The van der Waals surface area contributed by atoms with Gasteiger partial charge in [-0.3, -0.25) is 0 Å². The van der Waals surface area contributed by atoms with Crippen LogP contribution in [-0.2, 0) is 4.74 Å². The third-order valence-electron chi connectivity index (χ3n) is 3.93. The Labute approximate surface area is 130 Å². The Hall–Kier alpha value is -0.380. The number of fused-ring (bicyclic) bond motifs is 1. The van der Waals surface area contributed by atoms with Gasteiger partial charge in [0.15, 0.2) is 0 Å². The van der Waals surface area contributed by atoms with E-state index in [1.165, 1.54) is 16.3 Å². The molecule has 0 radical (unpaired) electrons. The second-order valence-corrected chi connectivity index (χ2v) is 7.03. The molecule has 1 aliphatic rings. The van der Waals surface area contributed by atoms with Crippen molar-refractivity contribution in [2.75, 3.05) is 6.61 Å². The van der Waals surface area contributed by atoms with Gasteiger partial charge in [-0.05, 0) is 34.7 Å². The lowest BCUT2D eigenvalue weighted by Crippen LogP contribution is -2.19. The zero-order valence-corrected chi connectivity index (χ0v) is 13.9. The van der Waals surface area contributed by atoms with Crippen molar-refractivity contribution in [2.24, 2.45) is 5.92 Å². The van der Waals surface area contributed by atoms with Gasteiger partial charge in [0, 0.05) is 11.1 Å². The minimum atomic E-state index is 0.253. The molecule has 0 saturated carbocycles. The normalized spacial score (nSPS) is 24.8. The van der Waals surface area contributed by atoms with Crippen molar-refractivity contribution in [1.29, 1.82) is 0 Å². The molecular weight excluding hydrogens is 368 g/mol. The Bertz CT molecular complexity index is 596. The van der Waals surface area contributed by atoms with Gasteiger partial charge in [0.2, 0.25) is 0 Å². The summed E-state index contributed by atoms with van der Waals surface area (Å²) < 4.78 is 7.05. The third kappa shape index (κ3) is 2.48. The van der Waals surface area contributed by atoms with E-state index in [4.69, 9.17) is 4.74 Å². The van der Waals surface area contributed by atoms with Gasteiger partial charge in [-0.15, -0.1) is 0 Å². The van der Waals surface area contributed by atoms with Gasteiger partial charge in [0.1, 0.15) is 0 Å². The molecule has 3 rings (SSSR count). The Morgan fingerprint density at radius 1 is 1.16 bits per heavy atom. The SMILES string of the molecule is CC1CCOC1C(Br)c1ccc(Br)c2ccccc12. The van der Waals surface area contributed by atoms with Crippen molar-refractivity contribution >= 4 is 42.6 Å². The van der Waals surface area contributed by atoms with Crippen molar-refractivity contribution < 1.29 is 4.74 Å². The summed E-state index contributed by atoms with van der Waals surface area (Å²) in [6, 6.07) is 12.8. The van der Waals surface area contributed by atoms with Crippen LogP contribution in [0.5, 0.6) is 0 Å². The Balaban J connectivity index is 2.07. The molecule has 0 aliphatic carbocycles. The zero-order valence-electron chi connectivity index (χ0n) is 10.8. The van der Waals surface area contributed by atoms with Gasteiger partial charge in [-0.1, -0.05) is 69.1 Å². The Morgan fingerprint density at radius 3 is 2.58 bits per heavy atom. The molecule has 1 nitrogen and oxygen atoms in total. The van der Waals surface area contributed by atoms with Crippen LogP contribution in [0.2, 0.25) is 0 Å². The summed E-state index contributed by atoms with van der Waals surface area (Å²) in [5, 5.41) is 2.55. The fourth-order valence-electron chi connectivity index (χ4n) is 2.79. The maximum absolute atomic E-state index is 5.90. The Kier molecular flexibility index (Phi) is 3.97. The minimum absolute atomic E-state index is 0.253. The standard InChI is InChI=1S/C16H16Br2O/c1-10-8-9-19-16(10)15(18)13-6-7-14(17)12-5-3-2-4-11(12)13/h2-7,10,15-16H,8-9H2,1H3. The highest BCUT2D eigenvalue weighted by Gasteiger charge is 2.32. The van der Waals surface area contributed by atoms with Crippen LogP contribution in [0.4, 0.5) is 0 Å². The molecule has 0 amide bonds. The number of hydrogen-bond acceptors (Lipinski definition) is 1. The third-order valence-corrected chi connectivity index (χ3v) is 5.64. The van der Waals surface area contributed by atoms with E-state index in [-0.39, 0.29) is 10.9 Å². The van der Waals surface area contributed by atoms with E-state index in [9.17, 15) is 0 Å². The average molecular weight is 384 g/mol. The summed E-state index contributed by atoms with van der Waals surface area (Å²) >= 11 is 7.49. The summed E-state index contributed by atoms with van der Waals surface area (Å²) in [5.74, 6) is 0.604. The van der Waals surface area contributed by atoms with Crippen molar-refractivity contribution in [3.05, 3.63) is 46.4 Å². The van der Waals surface area contributed by atoms with Gasteiger partial charge in [0.25, 0.3) is 0 Å². The lowest BCUT2D eigenvalue weighted by atomic mass is 9.94. The van der Waals surface area contributed by atoms with Crippen LogP contribution < -0.4 is 0 Å². The summed E-state index contributed by atoms with van der Waals surface area (Å²) in [7, 11) is 0. The molecular formula is C16H16Br2O. The molecule has 1 heterocycles. The molecule has 2 aromatic carbocycles. The second-order valence-electron chi connectivity index (χ2n) is 5.19. The smallest absolute Gasteiger partial charge is 0.0767 e. The molecule has 2 aromatic rings. The van der Waals surface area contributed by atoms with Crippen molar-refractivity contribution in [3.63, 3.8) is 0 Å². The van der Waals surface area contributed by atoms with E-state index >= 15 is 0 Å². The number of benzene rings is 2. The second kappa shape index (κ2) is 5.55. The molecule has 0 spiro atoms. The minimum Gasteiger partial charge on any atom is -0.376 e. The maximum Gasteiger partial charge on any atom is 0.0767 e. The predicted molar refractivity (Wildman–Crippen MR) is 86.8 cm³/mol. The fraction of sp³-hybridized carbons (Fsp3) is 0.375. The highest BCUT2D eigenvalue weighted by molar-refractivity contribution is 9.10.